The minimum Gasteiger partial charge on any atom is -0.444 e. The van der Waals surface area contributed by atoms with Gasteiger partial charge >= 0.3 is 6.09 Å². The molecule has 0 radical (unpaired) electrons. The molecular weight excluding hydrogens is 473 g/mol. The molecule has 0 aliphatic carbocycles. The third kappa shape index (κ3) is 5.35. The largest absolute Gasteiger partial charge is 0.444 e. The molecule has 1 aliphatic heterocycles. The SMILES string of the molecule is CCN(C(=O)c1cc(F)ccc1-c1cc(C2=CCN(C(=O)OC(C)(C)C)C2)nc2cnn(C)c12)C(C)C. The van der Waals surface area contributed by atoms with Gasteiger partial charge in [0, 0.05) is 31.7 Å². The molecule has 196 valence electrons. The van der Waals surface area contributed by atoms with Crippen molar-refractivity contribution in [3.05, 3.63) is 53.6 Å². The van der Waals surface area contributed by atoms with Crippen LogP contribution in [0.4, 0.5) is 9.18 Å². The van der Waals surface area contributed by atoms with E-state index in [2.05, 4.69) is 5.10 Å². The molecule has 0 unspecified atom stereocenters. The Labute approximate surface area is 216 Å². The molecule has 0 spiro atoms. The maximum absolute atomic E-state index is 14.4. The molecule has 0 bridgehead atoms. The van der Waals surface area contributed by atoms with Gasteiger partial charge in [0.25, 0.3) is 5.91 Å². The zero-order chi connectivity index (χ0) is 27.1. The first-order chi connectivity index (χ1) is 17.4. The molecule has 2 amide bonds. The Morgan fingerprint density at radius 1 is 1.19 bits per heavy atom. The number of ether oxygens (including phenoxy) is 1. The number of aromatic nitrogens is 3. The Morgan fingerprint density at radius 3 is 2.57 bits per heavy atom. The van der Waals surface area contributed by atoms with E-state index in [1.54, 1.807) is 26.7 Å². The van der Waals surface area contributed by atoms with Crippen LogP contribution < -0.4 is 0 Å². The summed E-state index contributed by atoms with van der Waals surface area (Å²) in [6.45, 7) is 12.5. The van der Waals surface area contributed by atoms with E-state index in [1.807, 2.05) is 60.7 Å². The van der Waals surface area contributed by atoms with Crippen LogP contribution in [-0.4, -0.2) is 67.8 Å². The summed E-state index contributed by atoms with van der Waals surface area (Å²) >= 11 is 0. The van der Waals surface area contributed by atoms with Gasteiger partial charge in [0.05, 0.1) is 29.5 Å². The number of nitrogens with zero attached hydrogens (tertiary/aromatic N) is 5. The third-order valence-electron chi connectivity index (χ3n) is 6.32. The highest BCUT2D eigenvalue weighted by atomic mass is 19.1. The zero-order valence-electron chi connectivity index (χ0n) is 22.5. The molecule has 0 N–H and O–H groups in total. The van der Waals surface area contributed by atoms with Gasteiger partial charge in [-0.15, -0.1) is 0 Å². The van der Waals surface area contributed by atoms with Crippen LogP contribution in [0.25, 0.3) is 27.7 Å². The fraction of sp³-hybridized carbons (Fsp3) is 0.429. The quantitative estimate of drug-likeness (QED) is 0.470. The maximum Gasteiger partial charge on any atom is 0.410 e. The summed E-state index contributed by atoms with van der Waals surface area (Å²) < 4.78 is 21.7. The van der Waals surface area contributed by atoms with Crippen molar-refractivity contribution in [1.82, 2.24) is 24.6 Å². The van der Waals surface area contributed by atoms with E-state index in [9.17, 15) is 14.0 Å². The number of amides is 2. The number of halogens is 1. The molecule has 0 saturated heterocycles. The third-order valence-corrected chi connectivity index (χ3v) is 6.32. The summed E-state index contributed by atoms with van der Waals surface area (Å²) in [6.07, 6.45) is 3.23. The van der Waals surface area contributed by atoms with E-state index in [0.717, 1.165) is 16.7 Å². The van der Waals surface area contributed by atoms with E-state index < -0.39 is 11.4 Å². The number of hydrogen-bond donors (Lipinski definition) is 0. The minimum atomic E-state index is -0.590. The van der Waals surface area contributed by atoms with Gasteiger partial charge in [0.1, 0.15) is 16.9 Å². The van der Waals surface area contributed by atoms with Gasteiger partial charge in [-0.3, -0.25) is 9.48 Å². The van der Waals surface area contributed by atoms with Crippen molar-refractivity contribution in [2.24, 2.45) is 7.05 Å². The number of rotatable bonds is 5. The second kappa shape index (κ2) is 9.95. The average molecular weight is 508 g/mol. The average Bonchev–Trinajstić information content (AvgIpc) is 3.45. The molecule has 2 aromatic heterocycles. The van der Waals surface area contributed by atoms with Crippen LogP contribution in [0.15, 0.2) is 36.5 Å². The zero-order valence-corrected chi connectivity index (χ0v) is 22.5. The van der Waals surface area contributed by atoms with Crippen molar-refractivity contribution in [1.29, 1.82) is 0 Å². The van der Waals surface area contributed by atoms with Gasteiger partial charge in [-0.2, -0.15) is 5.10 Å². The van der Waals surface area contributed by atoms with Gasteiger partial charge < -0.3 is 14.5 Å². The molecule has 9 heteroatoms. The Balaban J connectivity index is 1.80. The Kier molecular flexibility index (Phi) is 7.08. The van der Waals surface area contributed by atoms with Crippen molar-refractivity contribution < 1.29 is 18.7 Å². The van der Waals surface area contributed by atoms with Crippen LogP contribution in [0, 0.1) is 5.82 Å². The van der Waals surface area contributed by atoms with E-state index >= 15 is 0 Å². The standard InChI is InChI=1S/C28H34FN5O3/c1-8-34(17(2)3)26(35)22-13-19(29)9-10-20(22)21-14-23(31-24-15-30-32(7)25(21)24)18-11-12-33(16-18)27(36)37-28(4,5)6/h9-11,13-15,17H,8,12,16H2,1-7H3. The second-order valence-corrected chi connectivity index (χ2v) is 10.5. The predicted octanol–water partition coefficient (Wildman–Crippen LogP) is 5.28. The Morgan fingerprint density at radius 2 is 1.92 bits per heavy atom. The van der Waals surface area contributed by atoms with Crippen LogP contribution in [0.1, 0.15) is 57.6 Å². The number of carbonyl (C=O) groups excluding carboxylic acids is 2. The number of pyridine rings is 1. The molecule has 1 aromatic carbocycles. The van der Waals surface area contributed by atoms with Crippen LogP contribution in [0.5, 0.6) is 0 Å². The molecule has 0 saturated carbocycles. The number of aryl methyl sites for hydroxylation is 1. The molecule has 3 aromatic rings. The fourth-order valence-corrected chi connectivity index (χ4v) is 4.59. The van der Waals surface area contributed by atoms with E-state index in [0.29, 0.717) is 36.4 Å². The van der Waals surface area contributed by atoms with Crippen molar-refractivity contribution >= 4 is 28.6 Å². The lowest BCUT2D eigenvalue weighted by atomic mass is 9.96. The first kappa shape index (κ1) is 26.3. The van der Waals surface area contributed by atoms with Gasteiger partial charge in [0.15, 0.2) is 0 Å². The van der Waals surface area contributed by atoms with Crippen molar-refractivity contribution in [3.8, 4) is 11.1 Å². The first-order valence-corrected chi connectivity index (χ1v) is 12.5. The summed E-state index contributed by atoms with van der Waals surface area (Å²) in [4.78, 5) is 34.3. The lowest BCUT2D eigenvalue weighted by Crippen LogP contribution is -2.37. The normalized spacial score (nSPS) is 13.9. The van der Waals surface area contributed by atoms with Crippen LogP contribution >= 0.6 is 0 Å². The van der Waals surface area contributed by atoms with Crippen LogP contribution in [0.2, 0.25) is 0 Å². The topological polar surface area (TPSA) is 80.6 Å². The van der Waals surface area contributed by atoms with Crippen LogP contribution in [0.3, 0.4) is 0 Å². The lowest BCUT2D eigenvalue weighted by molar-refractivity contribution is 0.0306. The first-order valence-electron chi connectivity index (χ1n) is 12.5. The predicted molar refractivity (Wildman–Crippen MR) is 142 cm³/mol. The second-order valence-electron chi connectivity index (χ2n) is 10.5. The van der Waals surface area contributed by atoms with Crippen molar-refractivity contribution in [2.75, 3.05) is 19.6 Å². The fourth-order valence-electron chi connectivity index (χ4n) is 4.59. The summed E-state index contributed by atoms with van der Waals surface area (Å²) in [5.74, 6) is -0.717. The van der Waals surface area contributed by atoms with E-state index in [4.69, 9.17) is 9.72 Å². The van der Waals surface area contributed by atoms with E-state index in [1.165, 1.54) is 12.1 Å². The molecular formula is C28H34FN5O3. The highest BCUT2D eigenvalue weighted by Crippen LogP contribution is 2.35. The number of benzene rings is 1. The van der Waals surface area contributed by atoms with Crippen molar-refractivity contribution in [2.45, 2.75) is 53.2 Å². The molecule has 0 fully saturated rings. The minimum absolute atomic E-state index is 0.0409. The molecule has 37 heavy (non-hydrogen) atoms. The highest BCUT2D eigenvalue weighted by Gasteiger charge is 2.28. The smallest absolute Gasteiger partial charge is 0.410 e. The van der Waals surface area contributed by atoms with Crippen molar-refractivity contribution in [3.63, 3.8) is 0 Å². The summed E-state index contributed by atoms with van der Waals surface area (Å²) in [6, 6.07) is 6.15. The molecule has 4 rings (SSSR count). The molecule has 1 aliphatic rings. The molecule has 0 atom stereocenters. The Hall–Kier alpha value is -3.75. The number of carbonyl (C=O) groups is 2. The maximum atomic E-state index is 14.4. The summed E-state index contributed by atoms with van der Waals surface area (Å²) in [5.41, 5.74) is 3.93. The monoisotopic (exact) mass is 507 g/mol. The molecule has 3 heterocycles. The van der Waals surface area contributed by atoms with Gasteiger partial charge in [-0.05, 0) is 70.9 Å². The van der Waals surface area contributed by atoms with Crippen LogP contribution in [-0.2, 0) is 11.8 Å². The van der Waals surface area contributed by atoms with Gasteiger partial charge in [0.2, 0.25) is 0 Å². The van der Waals surface area contributed by atoms with E-state index in [-0.39, 0.29) is 23.6 Å². The number of fused-ring (bicyclic) bond motifs is 1. The van der Waals surface area contributed by atoms with Gasteiger partial charge in [-0.1, -0.05) is 12.1 Å². The summed E-state index contributed by atoms with van der Waals surface area (Å²) in [7, 11) is 1.81. The summed E-state index contributed by atoms with van der Waals surface area (Å²) in [5, 5.41) is 4.39. The number of hydrogen-bond acceptors (Lipinski definition) is 5. The Bertz CT molecular complexity index is 1390. The lowest BCUT2D eigenvalue weighted by Gasteiger charge is -2.26. The van der Waals surface area contributed by atoms with Gasteiger partial charge in [-0.25, -0.2) is 14.2 Å². The highest BCUT2D eigenvalue weighted by molar-refractivity contribution is 6.05. The molecule has 8 nitrogen and oxygen atoms in total.